The molecule has 1 aliphatic heterocycles. The third-order valence-corrected chi connectivity index (χ3v) is 4.23. The molecule has 2 aromatic carbocycles. The molecule has 1 aliphatic rings. The molecule has 7 heteroatoms. The van der Waals surface area contributed by atoms with Crippen LogP contribution in [-0.2, 0) is 16.2 Å². The summed E-state index contributed by atoms with van der Waals surface area (Å²) in [6.07, 6.45) is 1.73. The highest BCUT2D eigenvalue weighted by Crippen LogP contribution is 2.24. The molecular weight excluding hydrogens is 336 g/mol. The van der Waals surface area contributed by atoms with Crippen molar-refractivity contribution in [3.05, 3.63) is 65.9 Å². The Bertz CT molecular complexity index is 1020. The van der Waals surface area contributed by atoms with Crippen LogP contribution in [0.25, 0.3) is 10.9 Å². The van der Waals surface area contributed by atoms with E-state index in [-0.39, 0.29) is 17.7 Å². The molecule has 3 aromatic rings. The number of hydrogen-bond donors (Lipinski definition) is 0. The number of fused-ring (bicyclic) bond motifs is 2. The summed E-state index contributed by atoms with van der Waals surface area (Å²) in [6, 6.07) is 13.6. The fraction of sp³-hybridized carbons (Fsp3) is 0.105. The molecule has 0 bridgehead atoms. The smallest absolute Gasteiger partial charge is 0.352 e. The predicted molar refractivity (Wildman–Crippen MR) is 91.5 cm³/mol. The van der Waals surface area contributed by atoms with Gasteiger partial charge in [0.25, 0.3) is 11.8 Å². The van der Waals surface area contributed by atoms with Gasteiger partial charge in [-0.05, 0) is 36.4 Å². The van der Waals surface area contributed by atoms with Crippen molar-refractivity contribution in [2.45, 2.75) is 6.54 Å². The van der Waals surface area contributed by atoms with Gasteiger partial charge in [0.1, 0.15) is 12.3 Å². The number of amides is 2. The normalized spacial score (nSPS) is 13.2. The second-order valence-corrected chi connectivity index (χ2v) is 5.78. The van der Waals surface area contributed by atoms with Crippen LogP contribution >= 0.6 is 0 Å². The van der Waals surface area contributed by atoms with E-state index in [2.05, 4.69) is 0 Å². The fourth-order valence-corrected chi connectivity index (χ4v) is 2.96. The van der Waals surface area contributed by atoms with Gasteiger partial charge in [-0.15, -0.1) is 0 Å². The molecule has 1 aromatic heterocycles. The van der Waals surface area contributed by atoms with Crippen LogP contribution in [0.3, 0.4) is 0 Å². The Morgan fingerprint density at radius 2 is 1.69 bits per heavy atom. The highest BCUT2D eigenvalue weighted by molar-refractivity contribution is 6.20. The van der Waals surface area contributed by atoms with E-state index in [0.29, 0.717) is 10.8 Å². The van der Waals surface area contributed by atoms with Crippen molar-refractivity contribution in [1.29, 1.82) is 0 Å². The largest absolute Gasteiger partial charge is 0.497 e. The summed E-state index contributed by atoms with van der Waals surface area (Å²) in [5, 5.41) is 1.42. The van der Waals surface area contributed by atoms with Gasteiger partial charge >= 0.3 is 5.97 Å². The van der Waals surface area contributed by atoms with Crippen molar-refractivity contribution in [3.63, 3.8) is 0 Å². The van der Waals surface area contributed by atoms with Crippen molar-refractivity contribution >= 4 is 28.7 Å². The lowest BCUT2D eigenvalue weighted by atomic mass is 10.1. The minimum atomic E-state index is -0.715. The van der Waals surface area contributed by atoms with Crippen LogP contribution in [0.15, 0.2) is 54.7 Å². The molecule has 0 atom stereocenters. The third kappa shape index (κ3) is 2.50. The molecule has 0 fully saturated rings. The molecule has 2 heterocycles. The number of methoxy groups -OCH3 is 1. The number of carbonyl (C=O) groups is 3. The van der Waals surface area contributed by atoms with Crippen molar-refractivity contribution in [3.8, 4) is 5.75 Å². The molecule has 0 saturated heterocycles. The molecule has 4 rings (SSSR count). The maximum atomic E-state index is 12.3. The first kappa shape index (κ1) is 15.9. The van der Waals surface area contributed by atoms with Crippen LogP contribution < -0.4 is 4.74 Å². The summed E-state index contributed by atoms with van der Waals surface area (Å²) in [6.45, 7) is -0.136. The number of hydrogen-bond acceptors (Lipinski definition) is 5. The Balaban J connectivity index is 1.52. The summed E-state index contributed by atoms with van der Waals surface area (Å²) in [5.74, 6) is -1.28. The number of hydroxylamine groups is 2. The Labute approximate surface area is 148 Å². The van der Waals surface area contributed by atoms with Crippen LogP contribution in [0.2, 0.25) is 0 Å². The van der Waals surface area contributed by atoms with Gasteiger partial charge in [0.05, 0.1) is 18.2 Å². The zero-order valence-electron chi connectivity index (χ0n) is 13.8. The SMILES string of the molecule is COc1ccc2c(ccn2CC(=O)ON2C(=O)c3ccccc3C2=O)c1. The maximum absolute atomic E-state index is 12.3. The quantitative estimate of drug-likeness (QED) is 0.675. The third-order valence-electron chi connectivity index (χ3n) is 4.23. The van der Waals surface area contributed by atoms with Gasteiger partial charge in [0.2, 0.25) is 0 Å². The highest BCUT2D eigenvalue weighted by atomic mass is 16.7. The Morgan fingerprint density at radius 1 is 1.00 bits per heavy atom. The number of benzene rings is 2. The molecule has 0 N–H and O–H groups in total. The van der Waals surface area contributed by atoms with Crippen LogP contribution in [0.4, 0.5) is 0 Å². The molecule has 0 aliphatic carbocycles. The van der Waals surface area contributed by atoms with Crippen LogP contribution in [0, 0.1) is 0 Å². The minimum Gasteiger partial charge on any atom is -0.497 e. The minimum absolute atomic E-state index is 0.136. The van der Waals surface area contributed by atoms with Gasteiger partial charge in [-0.1, -0.05) is 17.2 Å². The van der Waals surface area contributed by atoms with Crippen LogP contribution in [0.5, 0.6) is 5.75 Å². The standard InChI is InChI=1S/C19H14N2O5/c1-25-13-6-7-16-12(10-13)8-9-20(16)11-17(22)26-21-18(23)14-4-2-3-5-15(14)19(21)24/h2-10H,11H2,1H3. The Hall–Kier alpha value is -3.61. The summed E-state index contributed by atoms with van der Waals surface area (Å²) in [7, 11) is 1.58. The van der Waals surface area contributed by atoms with E-state index in [9.17, 15) is 14.4 Å². The average Bonchev–Trinajstić information content (AvgIpc) is 3.16. The van der Waals surface area contributed by atoms with Gasteiger partial charge in [0.15, 0.2) is 0 Å². The topological polar surface area (TPSA) is 77.8 Å². The molecule has 0 spiro atoms. The first-order chi connectivity index (χ1) is 12.6. The number of carbonyl (C=O) groups excluding carboxylic acids is 3. The van der Waals surface area contributed by atoms with E-state index in [0.717, 1.165) is 10.9 Å². The van der Waals surface area contributed by atoms with E-state index in [1.54, 1.807) is 36.1 Å². The van der Waals surface area contributed by atoms with Crippen molar-refractivity contribution in [1.82, 2.24) is 9.63 Å². The van der Waals surface area contributed by atoms with Gasteiger partial charge in [-0.25, -0.2) is 4.79 Å². The van der Waals surface area contributed by atoms with Crippen molar-refractivity contribution < 1.29 is 24.0 Å². The fourth-order valence-electron chi connectivity index (χ4n) is 2.96. The van der Waals surface area contributed by atoms with Gasteiger partial charge in [-0.2, -0.15) is 0 Å². The number of aromatic nitrogens is 1. The van der Waals surface area contributed by atoms with Crippen molar-refractivity contribution in [2.24, 2.45) is 0 Å². The molecule has 0 saturated carbocycles. The molecule has 7 nitrogen and oxygen atoms in total. The van der Waals surface area contributed by atoms with Gasteiger partial charge < -0.3 is 14.1 Å². The summed E-state index contributed by atoms with van der Waals surface area (Å²) < 4.78 is 6.85. The van der Waals surface area contributed by atoms with Crippen molar-refractivity contribution in [2.75, 3.05) is 7.11 Å². The zero-order chi connectivity index (χ0) is 18.3. The Kier molecular flexibility index (Phi) is 3.69. The lowest BCUT2D eigenvalue weighted by Crippen LogP contribution is -2.33. The van der Waals surface area contributed by atoms with Gasteiger partial charge in [-0.3, -0.25) is 9.59 Å². The second-order valence-electron chi connectivity index (χ2n) is 5.78. The molecule has 2 amide bonds. The predicted octanol–water partition coefficient (Wildman–Crippen LogP) is 2.40. The lowest BCUT2D eigenvalue weighted by Gasteiger charge is -2.13. The summed E-state index contributed by atoms with van der Waals surface area (Å²) in [4.78, 5) is 41.8. The van der Waals surface area contributed by atoms with E-state index < -0.39 is 17.8 Å². The Morgan fingerprint density at radius 3 is 2.35 bits per heavy atom. The van der Waals surface area contributed by atoms with Crippen LogP contribution in [0.1, 0.15) is 20.7 Å². The molecule has 0 radical (unpaired) electrons. The number of nitrogens with zero attached hydrogens (tertiary/aromatic N) is 2. The first-order valence-corrected chi connectivity index (χ1v) is 7.90. The number of rotatable bonds is 4. The first-order valence-electron chi connectivity index (χ1n) is 7.90. The number of imide groups is 1. The average molecular weight is 350 g/mol. The van der Waals surface area contributed by atoms with E-state index >= 15 is 0 Å². The lowest BCUT2D eigenvalue weighted by molar-refractivity contribution is -0.169. The van der Waals surface area contributed by atoms with Gasteiger partial charge in [0, 0.05) is 17.1 Å². The molecular formula is C19H14N2O5. The molecule has 26 heavy (non-hydrogen) atoms. The van der Waals surface area contributed by atoms with Crippen LogP contribution in [-0.4, -0.2) is 34.5 Å². The summed E-state index contributed by atoms with van der Waals surface area (Å²) >= 11 is 0. The zero-order valence-corrected chi connectivity index (χ0v) is 13.8. The molecule has 130 valence electrons. The van der Waals surface area contributed by atoms with E-state index in [1.165, 1.54) is 12.1 Å². The number of ether oxygens (including phenoxy) is 1. The maximum Gasteiger partial charge on any atom is 0.352 e. The second kappa shape index (κ2) is 6.03. The highest BCUT2D eigenvalue weighted by Gasteiger charge is 2.38. The monoisotopic (exact) mass is 350 g/mol. The van der Waals surface area contributed by atoms with E-state index in [4.69, 9.17) is 9.57 Å². The summed E-state index contributed by atoms with van der Waals surface area (Å²) in [5.41, 5.74) is 1.26. The molecule has 0 unspecified atom stereocenters. The van der Waals surface area contributed by atoms with E-state index in [1.807, 2.05) is 18.2 Å².